The van der Waals surface area contributed by atoms with Crippen molar-refractivity contribution in [3.8, 4) is 0 Å². The maximum atomic E-state index is 11.0. The van der Waals surface area contributed by atoms with Gasteiger partial charge in [-0.3, -0.25) is 10.1 Å². The average molecular weight is 307 g/mol. The van der Waals surface area contributed by atoms with Gasteiger partial charge < -0.3 is 10.6 Å². The summed E-state index contributed by atoms with van der Waals surface area (Å²) < 4.78 is 0. The predicted octanol–water partition coefficient (Wildman–Crippen LogP) is 4.13. The van der Waals surface area contributed by atoms with Crippen LogP contribution in [0.3, 0.4) is 0 Å². The van der Waals surface area contributed by atoms with Crippen molar-refractivity contribution in [3.05, 3.63) is 51.0 Å². The van der Waals surface area contributed by atoms with Crippen molar-refractivity contribution in [2.24, 2.45) is 0 Å². The van der Waals surface area contributed by atoms with E-state index in [2.05, 4.69) is 15.6 Å². The molecule has 0 atom stereocenters. The van der Waals surface area contributed by atoms with Crippen molar-refractivity contribution in [3.63, 3.8) is 0 Å². The fourth-order valence-electron chi connectivity index (χ4n) is 1.82. The molecule has 0 aliphatic heterocycles. The van der Waals surface area contributed by atoms with Crippen LogP contribution in [0.15, 0.2) is 30.3 Å². The quantitative estimate of drug-likeness (QED) is 0.641. The third kappa shape index (κ3) is 3.82. The van der Waals surface area contributed by atoms with Gasteiger partial charge in [-0.1, -0.05) is 17.7 Å². The van der Waals surface area contributed by atoms with Crippen LogP contribution in [0.2, 0.25) is 5.02 Å². The molecule has 0 saturated carbocycles. The second-order valence-corrected chi connectivity index (χ2v) is 4.90. The van der Waals surface area contributed by atoms with Crippen LogP contribution >= 0.6 is 11.6 Å². The number of hydrogen-bond donors (Lipinski definition) is 2. The van der Waals surface area contributed by atoms with E-state index < -0.39 is 4.92 Å². The smallest absolute Gasteiger partial charge is 0.276 e. The Morgan fingerprint density at radius 2 is 2.00 bits per heavy atom. The minimum absolute atomic E-state index is 0.0249. The van der Waals surface area contributed by atoms with E-state index >= 15 is 0 Å². The zero-order valence-corrected chi connectivity index (χ0v) is 12.4. The van der Waals surface area contributed by atoms with E-state index in [9.17, 15) is 10.1 Å². The van der Waals surface area contributed by atoms with Crippen LogP contribution in [0.1, 0.15) is 12.5 Å². The highest BCUT2D eigenvalue weighted by Crippen LogP contribution is 2.26. The Morgan fingerprint density at radius 3 is 2.67 bits per heavy atom. The summed E-state index contributed by atoms with van der Waals surface area (Å²) in [5.41, 5.74) is 1.71. The number of nitro groups is 1. The highest BCUT2D eigenvalue weighted by atomic mass is 35.5. The summed E-state index contributed by atoms with van der Waals surface area (Å²) in [6.07, 6.45) is 0. The average Bonchev–Trinajstić information content (AvgIpc) is 2.43. The molecule has 0 saturated heterocycles. The van der Waals surface area contributed by atoms with Gasteiger partial charge in [0.25, 0.3) is 5.69 Å². The zero-order chi connectivity index (χ0) is 15.4. The molecule has 0 fully saturated rings. The first-order valence-electron chi connectivity index (χ1n) is 6.43. The Balaban J connectivity index is 2.38. The highest BCUT2D eigenvalue weighted by Gasteiger charge is 2.12. The molecule has 0 aliphatic rings. The van der Waals surface area contributed by atoms with Crippen LogP contribution in [0, 0.1) is 17.0 Å². The van der Waals surface area contributed by atoms with E-state index in [1.54, 1.807) is 12.1 Å². The van der Waals surface area contributed by atoms with Gasteiger partial charge in [0, 0.05) is 17.3 Å². The van der Waals surface area contributed by atoms with Crippen LogP contribution in [0.4, 0.5) is 23.0 Å². The molecule has 1 aromatic carbocycles. The van der Waals surface area contributed by atoms with Crippen molar-refractivity contribution in [2.75, 3.05) is 17.2 Å². The monoisotopic (exact) mass is 306 g/mol. The highest BCUT2D eigenvalue weighted by molar-refractivity contribution is 6.30. The lowest BCUT2D eigenvalue weighted by Gasteiger charge is -2.11. The third-order valence-corrected chi connectivity index (χ3v) is 3.08. The number of anilines is 3. The molecule has 1 heterocycles. The Bertz CT molecular complexity index is 676. The lowest BCUT2D eigenvalue weighted by molar-refractivity contribution is -0.384. The standard InChI is InChI=1S/C14H15ClN4O2/c1-3-16-13-7-11(19(20)21)8-14(18-13)17-12-6-10(15)5-4-9(12)2/h4-8H,3H2,1-2H3,(H2,16,17,18). The van der Waals surface area contributed by atoms with Crippen LogP contribution in [-0.4, -0.2) is 16.5 Å². The molecular formula is C14H15ClN4O2. The van der Waals surface area contributed by atoms with Crippen LogP contribution in [-0.2, 0) is 0 Å². The second-order valence-electron chi connectivity index (χ2n) is 4.47. The number of halogens is 1. The maximum absolute atomic E-state index is 11.0. The third-order valence-electron chi connectivity index (χ3n) is 2.84. The molecule has 7 heteroatoms. The van der Waals surface area contributed by atoms with Gasteiger partial charge in [0.05, 0.1) is 17.1 Å². The fraction of sp³-hybridized carbons (Fsp3) is 0.214. The topological polar surface area (TPSA) is 80.1 Å². The summed E-state index contributed by atoms with van der Waals surface area (Å²) >= 11 is 5.96. The van der Waals surface area contributed by atoms with Gasteiger partial charge in [0.2, 0.25) is 0 Å². The zero-order valence-electron chi connectivity index (χ0n) is 11.7. The number of benzene rings is 1. The number of aromatic nitrogens is 1. The van der Waals surface area contributed by atoms with Crippen molar-refractivity contribution in [1.82, 2.24) is 4.98 Å². The molecule has 1 aromatic heterocycles. The van der Waals surface area contributed by atoms with E-state index in [1.165, 1.54) is 12.1 Å². The first-order chi connectivity index (χ1) is 9.99. The molecule has 110 valence electrons. The maximum Gasteiger partial charge on any atom is 0.276 e. The first kappa shape index (κ1) is 15.1. The van der Waals surface area contributed by atoms with E-state index in [0.29, 0.717) is 23.2 Å². The summed E-state index contributed by atoms with van der Waals surface area (Å²) in [5, 5.41) is 17.6. The Labute approximate surface area is 127 Å². The van der Waals surface area contributed by atoms with Crippen LogP contribution in [0.5, 0.6) is 0 Å². The van der Waals surface area contributed by atoms with E-state index in [0.717, 1.165) is 11.3 Å². The molecule has 2 rings (SSSR count). The molecule has 6 nitrogen and oxygen atoms in total. The minimum Gasteiger partial charge on any atom is -0.370 e. The van der Waals surface area contributed by atoms with Crippen LogP contribution < -0.4 is 10.6 Å². The lowest BCUT2D eigenvalue weighted by atomic mass is 10.2. The van der Waals surface area contributed by atoms with Gasteiger partial charge in [0.1, 0.15) is 11.6 Å². The number of pyridine rings is 1. The fourth-order valence-corrected chi connectivity index (χ4v) is 2.00. The van der Waals surface area contributed by atoms with Crippen molar-refractivity contribution in [2.45, 2.75) is 13.8 Å². The molecule has 2 N–H and O–H groups in total. The number of nitrogens with one attached hydrogen (secondary N) is 2. The SMILES string of the molecule is CCNc1cc([N+](=O)[O-])cc(Nc2cc(Cl)ccc2C)n1. The largest absolute Gasteiger partial charge is 0.370 e. The first-order valence-corrected chi connectivity index (χ1v) is 6.81. The van der Waals surface area contributed by atoms with Crippen molar-refractivity contribution in [1.29, 1.82) is 0 Å². The van der Waals surface area contributed by atoms with Crippen molar-refractivity contribution >= 4 is 34.6 Å². The molecular weight excluding hydrogens is 292 g/mol. The molecule has 0 radical (unpaired) electrons. The van der Waals surface area contributed by atoms with Crippen LogP contribution in [0.25, 0.3) is 0 Å². The van der Waals surface area contributed by atoms with Gasteiger partial charge in [-0.15, -0.1) is 0 Å². The van der Waals surface area contributed by atoms with E-state index in [1.807, 2.05) is 19.9 Å². The summed E-state index contributed by atoms with van der Waals surface area (Å²) in [7, 11) is 0. The van der Waals surface area contributed by atoms with Gasteiger partial charge >= 0.3 is 0 Å². The molecule has 0 amide bonds. The number of rotatable bonds is 5. The summed E-state index contributed by atoms with van der Waals surface area (Å²) in [4.78, 5) is 14.8. The van der Waals surface area contributed by atoms with Gasteiger partial charge in [-0.05, 0) is 31.5 Å². The van der Waals surface area contributed by atoms with Gasteiger partial charge in [0.15, 0.2) is 0 Å². The van der Waals surface area contributed by atoms with E-state index in [4.69, 9.17) is 11.6 Å². The summed E-state index contributed by atoms with van der Waals surface area (Å²) in [6, 6.07) is 8.20. The predicted molar refractivity (Wildman–Crippen MR) is 84.5 cm³/mol. The van der Waals surface area contributed by atoms with Gasteiger partial charge in [-0.25, -0.2) is 4.98 Å². The normalized spacial score (nSPS) is 10.2. The molecule has 0 bridgehead atoms. The van der Waals surface area contributed by atoms with Crippen molar-refractivity contribution < 1.29 is 4.92 Å². The summed E-state index contributed by atoms with van der Waals surface area (Å²) in [6.45, 7) is 4.44. The Morgan fingerprint density at radius 1 is 1.29 bits per heavy atom. The van der Waals surface area contributed by atoms with Gasteiger partial charge in [-0.2, -0.15) is 0 Å². The Hall–Kier alpha value is -2.34. The lowest BCUT2D eigenvalue weighted by Crippen LogP contribution is -2.04. The van der Waals surface area contributed by atoms with E-state index in [-0.39, 0.29) is 5.69 Å². The molecule has 21 heavy (non-hydrogen) atoms. The molecule has 0 aliphatic carbocycles. The second kappa shape index (κ2) is 6.41. The minimum atomic E-state index is -0.446. The molecule has 2 aromatic rings. The Kier molecular flexibility index (Phi) is 4.59. The molecule has 0 unspecified atom stereocenters. The number of nitrogens with zero attached hydrogens (tertiary/aromatic N) is 2. The number of hydrogen-bond acceptors (Lipinski definition) is 5. The summed E-state index contributed by atoms with van der Waals surface area (Å²) in [5.74, 6) is 0.847. The number of aryl methyl sites for hydroxylation is 1. The molecule has 0 spiro atoms.